The van der Waals surface area contributed by atoms with Crippen molar-refractivity contribution < 1.29 is 0 Å². The maximum atomic E-state index is 6.04. The summed E-state index contributed by atoms with van der Waals surface area (Å²) in [5.41, 5.74) is 6.44. The molecule has 17 heavy (non-hydrogen) atoms. The Kier molecular flexibility index (Phi) is 6.50. The smallest absolute Gasteiger partial charge is 0.00200 e. The van der Waals surface area contributed by atoms with Crippen LogP contribution in [-0.2, 0) is 0 Å². The van der Waals surface area contributed by atoms with Gasteiger partial charge in [-0.1, -0.05) is 46.5 Å². The molecule has 2 heteroatoms. The fraction of sp³-hybridized carbons (Fsp3) is 1.00. The summed E-state index contributed by atoms with van der Waals surface area (Å²) in [5.74, 6) is 1.53. The normalized spacial score (nSPS) is 22.4. The molecule has 0 aromatic carbocycles. The molecule has 1 aliphatic rings. The number of nitrogens with one attached hydrogen (secondary N) is 1. The van der Waals surface area contributed by atoms with E-state index in [0.29, 0.717) is 5.41 Å². The highest BCUT2D eigenvalue weighted by Gasteiger charge is 2.29. The fourth-order valence-electron chi connectivity index (χ4n) is 2.73. The van der Waals surface area contributed by atoms with Gasteiger partial charge in [-0.2, -0.15) is 0 Å². The van der Waals surface area contributed by atoms with Gasteiger partial charge in [0.2, 0.25) is 0 Å². The summed E-state index contributed by atoms with van der Waals surface area (Å²) in [6.07, 6.45) is 8.21. The summed E-state index contributed by atoms with van der Waals surface area (Å²) in [6, 6.07) is 0. The van der Waals surface area contributed by atoms with E-state index in [-0.39, 0.29) is 0 Å². The Morgan fingerprint density at radius 2 is 1.65 bits per heavy atom. The second-order valence-electron chi connectivity index (χ2n) is 6.47. The number of hydrogen-bond acceptors (Lipinski definition) is 2. The van der Waals surface area contributed by atoms with Crippen LogP contribution in [-0.4, -0.2) is 19.6 Å². The molecule has 1 rings (SSSR count). The van der Waals surface area contributed by atoms with Crippen LogP contribution >= 0.6 is 0 Å². The van der Waals surface area contributed by atoms with E-state index in [4.69, 9.17) is 5.73 Å². The van der Waals surface area contributed by atoms with E-state index >= 15 is 0 Å². The van der Waals surface area contributed by atoms with Crippen molar-refractivity contribution in [2.24, 2.45) is 23.0 Å². The minimum absolute atomic E-state index is 0.396. The topological polar surface area (TPSA) is 38.0 Å². The summed E-state index contributed by atoms with van der Waals surface area (Å²) in [5, 5.41) is 3.68. The highest BCUT2D eigenvalue weighted by atomic mass is 14.9. The van der Waals surface area contributed by atoms with Gasteiger partial charge in [0.1, 0.15) is 0 Å². The molecule has 0 saturated heterocycles. The summed E-state index contributed by atoms with van der Waals surface area (Å²) in [6.45, 7) is 10.1. The van der Waals surface area contributed by atoms with E-state index < -0.39 is 0 Å². The molecule has 0 bridgehead atoms. The van der Waals surface area contributed by atoms with Gasteiger partial charge in [-0.25, -0.2) is 0 Å². The van der Waals surface area contributed by atoms with E-state index in [1.807, 2.05) is 0 Å². The number of rotatable bonds is 6. The molecule has 1 unspecified atom stereocenters. The van der Waals surface area contributed by atoms with Gasteiger partial charge in [-0.3, -0.25) is 0 Å². The van der Waals surface area contributed by atoms with Crippen LogP contribution in [0, 0.1) is 17.3 Å². The number of hydrogen-bond donors (Lipinski definition) is 2. The van der Waals surface area contributed by atoms with Crippen LogP contribution < -0.4 is 11.1 Å². The predicted octanol–water partition coefficient (Wildman–Crippen LogP) is 3.17. The van der Waals surface area contributed by atoms with Crippen molar-refractivity contribution in [2.75, 3.05) is 19.6 Å². The van der Waals surface area contributed by atoms with Gasteiger partial charge >= 0.3 is 0 Å². The molecule has 0 radical (unpaired) electrons. The molecule has 0 aromatic heterocycles. The first kappa shape index (κ1) is 15.0. The van der Waals surface area contributed by atoms with Crippen LogP contribution in [0.2, 0.25) is 0 Å². The minimum atomic E-state index is 0.396. The zero-order valence-corrected chi connectivity index (χ0v) is 12.1. The van der Waals surface area contributed by atoms with Gasteiger partial charge in [0.05, 0.1) is 0 Å². The lowest BCUT2D eigenvalue weighted by Gasteiger charge is -2.32. The lowest BCUT2D eigenvalue weighted by atomic mass is 9.80. The van der Waals surface area contributed by atoms with Gasteiger partial charge in [-0.05, 0) is 43.2 Å². The molecule has 1 atom stereocenters. The van der Waals surface area contributed by atoms with Gasteiger partial charge < -0.3 is 11.1 Å². The van der Waals surface area contributed by atoms with Crippen LogP contribution in [0.25, 0.3) is 0 Å². The average molecular weight is 240 g/mol. The molecule has 0 aliphatic heterocycles. The average Bonchev–Trinajstić information content (AvgIpc) is 2.55. The third-order valence-corrected chi connectivity index (χ3v) is 4.70. The minimum Gasteiger partial charge on any atom is -0.330 e. The largest absolute Gasteiger partial charge is 0.330 e. The van der Waals surface area contributed by atoms with Gasteiger partial charge in [0.15, 0.2) is 0 Å². The summed E-state index contributed by atoms with van der Waals surface area (Å²) in [4.78, 5) is 0. The first-order chi connectivity index (χ1) is 8.09. The van der Waals surface area contributed by atoms with Crippen molar-refractivity contribution in [1.29, 1.82) is 0 Å². The molecule has 102 valence electrons. The van der Waals surface area contributed by atoms with Crippen LogP contribution in [0.5, 0.6) is 0 Å². The van der Waals surface area contributed by atoms with Crippen molar-refractivity contribution in [2.45, 2.75) is 59.3 Å². The molecule has 0 aromatic rings. The Hall–Kier alpha value is -0.0800. The molecule has 1 fully saturated rings. The SMILES string of the molecule is CC(C)C(C)CNCC1(CN)CCCCCC1. The van der Waals surface area contributed by atoms with Gasteiger partial charge in [0, 0.05) is 6.54 Å². The van der Waals surface area contributed by atoms with Crippen LogP contribution in [0.4, 0.5) is 0 Å². The first-order valence-electron chi connectivity index (χ1n) is 7.50. The van der Waals surface area contributed by atoms with Crippen LogP contribution in [0.3, 0.4) is 0 Å². The molecule has 1 aliphatic carbocycles. The first-order valence-corrected chi connectivity index (χ1v) is 7.50. The van der Waals surface area contributed by atoms with E-state index in [9.17, 15) is 0 Å². The lowest BCUT2D eigenvalue weighted by molar-refractivity contribution is 0.233. The van der Waals surface area contributed by atoms with E-state index in [1.165, 1.54) is 38.5 Å². The Balaban J connectivity index is 2.35. The second kappa shape index (κ2) is 7.38. The van der Waals surface area contributed by atoms with Crippen LogP contribution in [0.1, 0.15) is 59.3 Å². The second-order valence-corrected chi connectivity index (χ2v) is 6.47. The Bertz CT molecular complexity index is 193. The standard InChI is InChI=1S/C15H32N2/c1-13(2)14(3)10-17-12-15(11-16)8-6-4-5-7-9-15/h13-14,17H,4-12,16H2,1-3H3. The highest BCUT2D eigenvalue weighted by Crippen LogP contribution is 2.33. The Labute approximate surface area is 108 Å². The molecular weight excluding hydrogens is 208 g/mol. The quantitative estimate of drug-likeness (QED) is 0.700. The summed E-state index contributed by atoms with van der Waals surface area (Å²) in [7, 11) is 0. The lowest BCUT2D eigenvalue weighted by Crippen LogP contribution is -2.41. The number of nitrogens with two attached hydrogens (primary N) is 1. The third-order valence-electron chi connectivity index (χ3n) is 4.70. The predicted molar refractivity (Wildman–Crippen MR) is 76.1 cm³/mol. The molecule has 3 N–H and O–H groups in total. The van der Waals surface area contributed by atoms with E-state index in [2.05, 4.69) is 26.1 Å². The van der Waals surface area contributed by atoms with E-state index in [1.54, 1.807) is 0 Å². The zero-order valence-electron chi connectivity index (χ0n) is 12.1. The Morgan fingerprint density at radius 1 is 1.06 bits per heavy atom. The molecular formula is C15H32N2. The van der Waals surface area contributed by atoms with Crippen molar-refractivity contribution in [3.63, 3.8) is 0 Å². The van der Waals surface area contributed by atoms with Gasteiger partial charge in [0.25, 0.3) is 0 Å². The summed E-state index contributed by atoms with van der Waals surface area (Å²) < 4.78 is 0. The monoisotopic (exact) mass is 240 g/mol. The zero-order chi connectivity index (χ0) is 12.7. The molecule has 0 heterocycles. The maximum Gasteiger partial charge on any atom is 0.00200 e. The van der Waals surface area contributed by atoms with Crippen molar-refractivity contribution in [3.8, 4) is 0 Å². The fourth-order valence-corrected chi connectivity index (χ4v) is 2.73. The molecule has 1 saturated carbocycles. The van der Waals surface area contributed by atoms with Crippen molar-refractivity contribution >= 4 is 0 Å². The Morgan fingerprint density at radius 3 is 2.12 bits per heavy atom. The third kappa shape index (κ3) is 4.97. The van der Waals surface area contributed by atoms with Gasteiger partial charge in [-0.15, -0.1) is 0 Å². The van der Waals surface area contributed by atoms with Crippen molar-refractivity contribution in [1.82, 2.24) is 5.32 Å². The van der Waals surface area contributed by atoms with Crippen LogP contribution in [0.15, 0.2) is 0 Å². The molecule has 0 amide bonds. The molecule has 0 spiro atoms. The highest BCUT2D eigenvalue weighted by molar-refractivity contribution is 4.85. The summed E-state index contributed by atoms with van der Waals surface area (Å²) >= 11 is 0. The maximum absolute atomic E-state index is 6.04. The molecule has 2 nitrogen and oxygen atoms in total. The van der Waals surface area contributed by atoms with Crippen molar-refractivity contribution in [3.05, 3.63) is 0 Å². The van der Waals surface area contributed by atoms with E-state index in [0.717, 1.165) is 31.5 Å².